The number of benzene rings is 1. The van der Waals surface area contributed by atoms with Crippen LogP contribution in [0.2, 0.25) is 10.0 Å². The van der Waals surface area contributed by atoms with Crippen molar-refractivity contribution < 1.29 is 0 Å². The highest BCUT2D eigenvalue weighted by Gasteiger charge is 2.04. The SMILES string of the molecule is CNCc1cnc(-c2ccc(Cl)c(Cl)c2)nc1. The molecule has 1 heterocycles. The Bertz CT molecular complexity index is 512. The van der Waals surface area contributed by atoms with Crippen molar-refractivity contribution in [2.45, 2.75) is 6.54 Å². The Labute approximate surface area is 110 Å². The predicted octanol–water partition coefficient (Wildman–Crippen LogP) is 3.17. The number of halogens is 2. The smallest absolute Gasteiger partial charge is 0.159 e. The van der Waals surface area contributed by atoms with Gasteiger partial charge >= 0.3 is 0 Å². The molecule has 3 nitrogen and oxygen atoms in total. The Morgan fingerprint density at radius 1 is 1.12 bits per heavy atom. The van der Waals surface area contributed by atoms with Crippen LogP contribution in [0.1, 0.15) is 5.56 Å². The van der Waals surface area contributed by atoms with E-state index in [-0.39, 0.29) is 0 Å². The molecule has 0 saturated carbocycles. The lowest BCUT2D eigenvalue weighted by Crippen LogP contribution is -2.06. The fourth-order valence-corrected chi connectivity index (χ4v) is 1.73. The first-order valence-corrected chi connectivity index (χ1v) is 5.87. The average Bonchev–Trinajstić information content (AvgIpc) is 2.34. The van der Waals surface area contributed by atoms with Crippen LogP contribution in [-0.2, 0) is 6.54 Å². The number of hydrogen-bond acceptors (Lipinski definition) is 3. The van der Waals surface area contributed by atoms with Crippen LogP contribution in [0, 0.1) is 0 Å². The summed E-state index contributed by atoms with van der Waals surface area (Å²) >= 11 is 11.8. The van der Waals surface area contributed by atoms with Gasteiger partial charge in [0.15, 0.2) is 5.82 Å². The minimum absolute atomic E-state index is 0.507. The van der Waals surface area contributed by atoms with Crippen LogP contribution >= 0.6 is 23.2 Å². The fourth-order valence-electron chi connectivity index (χ4n) is 1.43. The summed E-state index contributed by atoms with van der Waals surface area (Å²) in [5, 5.41) is 4.08. The maximum atomic E-state index is 5.95. The zero-order chi connectivity index (χ0) is 12.3. The van der Waals surface area contributed by atoms with E-state index in [0.29, 0.717) is 15.9 Å². The van der Waals surface area contributed by atoms with E-state index in [2.05, 4.69) is 15.3 Å². The molecule has 0 atom stereocenters. The normalized spacial score (nSPS) is 10.5. The molecule has 0 unspecified atom stereocenters. The van der Waals surface area contributed by atoms with Crippen molar-refractivity contribution in [3.8, 4) is 11.4 Å². The predicted molar refractivity (Wildman–Crippen MR) is 70.3 cm³/mol. The Hall–Kier alpha value is -1.16. The average molecular weight is 268 g/mol. The molecule has 0 spiro atoms. The Morgan fingerprint density at radius 2 is 1.82 bits per heavy atom. The molecular weight excluding hydrogens is 257 g/mol. The lowest BCUT2D eigenvalue weighted by atomic mass is 10.2. The van der Waals surface area contributed by atoms with Gasteiger partial charge in [-0.2, -0.15) is 0 Å². The van der Waals surface area contributed by atoms with Crippen LogP contribution in [-0.4, -0.2) is 17.0 Å². The highest BCUT2D eigenvalue weighted by Crippen LogP contribution is 2.26. The Balaban J connectivity index is 2.30. The second-order valence-electron chi connectivity index (χ2n) is 3.57. The first kappa shape index (κ1) is 12.3. The van der Waals surface area contributed by atoms with E-state index in [0.717, 1.165) is 17.7 Å². The van der Waals surface area contributed by atoms with Gasteiger partial charge in [0.25, 0.3) is 0 Å². The zero-order valence-corrected chi connectivity index (χ0v) is 10.8. The summed E-state index contributed by atoms with van der Waals surface area (Å²) in [5.74, 6) is 0.642. The van der Waals surface area contributed by atoms with Gasteiger partial charge in [0.1, 0.15) is 0 Å². The minimum Gasteiger partial charge on any atom is -0.316 e. The molecule has 0 aliphatic heterocycles. The summed E-state index contributed by atoms with van der Waals surface area (Å²) in [7, 11) is 1.88. The van der Waals surface area contributed by atoms with Crippen molar-refractivity contribution in [2.75, 3.05) is 7.05 Å². The summed E-state index contributed by atoms with van der Waals surface area (Å²) in [6.45, 7) is 0.752. The van der Waals surface area contributed by atoms with Crippen molar-refractivity contribution in [1.29, 1.82) is 0 Å². The quantitative estimate of drug-likeness (QED) is 0.929. The zero-order valence-electron chi connectivity index (χ0n) is 9.24. The van der Waals surface area contributed by atoms with Gasteiger partial charge in [0, 0.05) is 30.1 Å². The number of hydrogen-bond donors (Lipinski definition) is 1. The van der Waals surface area contributed by atoms with E-state index in [9.17, 15) is 0 Å². The molecule has 1 aromatic heterocycles. The van der Waals surface area contributed by atoms with E-state index < -0.39 is 0 Å². The molecule has 5 heteroatoms. The van der Waals surface area contributed by atoms with Crippen LogP contribution < -0.4 is 5.32 Å². The second-order valence-corrected chi connectivity index (χ2v) is 4.39. The van der Waals surface area contributed by atoms with Crippen LogP contribution in [0.4, 0.5) is 0 Å². The van der Waals surface area contributed by atoms with E-state index in [1.165, 1.54) is 0 Å². The molecule has 0 fully saturated rings. The summed E-state index contributed by atoms with van der Waals surface area (Å²) < 4.78 is 0. The minimum atomic E-state index is 0.507. The van der Waals surface area contributed by atoms with E-state index in [1.807, 2.05) is 13.1 Å². The third-order valence-corrected chi connectivity index (χ3v) is 3.00. The van der Waals surface area contributed by atoms with E-state index >= 15 is 0 Å². The van der Waals surface area contributed by atoms with Crippen LogP contribution in [0.25, 0.3) is 11.4 Å². The van der Waals surface area contributed by atoms with Crippen molar-refractivity contribution >= 4 is 23.2 Å². The topological polar surface area (TPSA) is 37.8 Å². The highest BCUT2D eigenvalue weighted by atomic mass is 35.5. The Morgan fingerprint density at radius 3 is 2.41 bits per heavy atom. The molecule has 1 aromatic carbocycles. The van der Waals surface area contributed by atoms with Gasteiger partial charge < -0.3 is 5.32 Å². The molecule has 1 N–H and O–H groups in total. The number of nitrogens with zero attached hydrogens (tertiary/aromatic N) is 2. The van der Waals surface area contributed by atoms with Crippen LogP contribution in [0.3, 0.4) is 0 Å². The lowest BCUT2D eigenvalue weighted by molar-refractivity contribution is 0.807. The lowest BCUT2D eigenvalue weighted by Gasteiger charge is -2.03. The van der Waals surface area contributed by atoms with Crippen molar-refractivity contribution in [3.05, 3.63) is 46.2 Å². The molecule has 0 amide bonds. The first-order chi connectivity index (χ1) is 8.20. The third-order valence-electron chi connectivity index (χ3n) is 2.26. The van der Waals surface area contributed by atoms with Gasteiger partial charge in [-0.05, 0) is 25.2 Å². The van der Waals surface area contributed by atoms with Gasteiger partial charge in [-0.15, -0.1) is 0 Å². The molecule has 0 aliphatic rings. The maximum absolute atomic E-state index is 5.95. The van der Waals surface area contributed by atoms with E-state index in [1.54, 1.807) is 24.5 Å². The van der Waals surface area contributed by atoms with Gasteiger partial charge in [0.2, 0.25) is 0 Å². The summed E-state index contributed by atoms with van der Waals surface area (Å²) in [6, 6.07) is 5.35. The maximum Gasteiger partial charge on any atom is 0.159 e. The van der Waals surface area contributed by atoms with Crippen molar-refractivity contribution in [2.24, 2.45) is 0 Å². The molecule has 0 saturated heterocycles. The number of rotatable bonds is 3. The molecule has 2 rings (SSSR count). The fraction of sp³-hybridized carbons (Fsp3) is 0.167. The summed E-state index contributed by atoms with van der Waals surface area (Å²) in [4.78, 5) is 8.57. The molecular formula is C12H11Cl2N3. The summed E-state index contributed by atoms with van der Waals surface area (Å²) in [5.41, 5.74) is 1.90. The molecule has 17 heavy (non-hydrogen) atoms. The van der Waals surface area contributed by atoms with Crippen molar-refractivity contribution in [3.63, 3.8) is 0 Å². The molecule has 0 aliphatic carbocycles. The number of aromatic nitrogens is 2. The highest BCUT2D eigenvalue weighted by molar-refractivity contribution is 6.42. The molecule has 2 aromatic rings. The van der Waals surface area contributed by atoms with Crippen LogP contribution in [0.5, 0.6) is 0 Å². The van der Waals surface area contributed by atoms with E-state index in [4.69, 9.17) is 23.2 Å². The van der Waals surface area contributed by atoms with Crippen molar-refractivity contribution in [1.82, 2.24) is 15.3 Å². The standard InChI is InChI=1S/C12H11Cl2N3/c1-15-5-8-6-16-12(17-7-8)9-2-3-10(13)11(14)4-9/h2-4,6-7,15H,5H2,1H3. The summed E-state index contributed by atoms with van der Waals surface area (Å²) in [6.07, 6.45) is 3.59. The second kappa shape index (κ2) is 5.45. The van der Waals surface area contributed by atoms with Gasteiger partial charge in [0.05, 0.1) is 10.0 Å². The molecule has 0 radical (unpaired) electrons. The third kappa shape index (κ3) is 2.94. The molecule has 0 bridgehead atoms. The Kier molecular flexibility index (Phi) is 3.94. The van der Waals surface area contributed by atoms with Gasteiger partial charge in [-0.1, -0.05) is 23.2 Å². The largest absolute Gasteiger partial charge is 0.316 e. The first-order valence-electron chi connectivity index (χ1n) is 5.11. The van der Waals surface area contributed by atoms with Gasteiger partial charge in [-0.25, -0.2) is 9.97 Å². The monoisotopic (exact) mass is 267 g/mol. The van der Waals surface area contributed by atoms with Gasteiger partial charge in [-0.3, -0.25) is 0 Å². The molecule has 88 valence electrons. The number of nitrogens with one attached hydrogen (secondary N) is 1. The van der Waals surface area contributed by atoms with Crippen LogP contribution in [0.15, 0.2) is 30.6 Å².